The van der Waals surface area contributed by atoms with Crippen molar-refractivity contribution in [2.75, 3.05) is 16.2 Å². The Hall–Kier alpha value is -3.39. The lowest BCUT2D eigenvalue weighted by atomic mass is 10.1. The molecular formula is C23H21FN2O4S. The molecule has 0 aromatic heterocycles. The van der Waals surface area contributed by atoms with Crippen LogP contribution < -0.4 is 14.4 Å². The third kappa shape index (κ3) is 4.25. The van der Waals surface area contributed by atoms with Gasteiger partial charge in [0.2, 0.25) is 0 Å². The first-order chi connectivity index (χ1) is 14.7. The predicted octanol–water partition coefficient (Wildman–Crippen LogP) is 4.04. The molecule has 0 saturated carbocycles. The van der Waals surface area contributed by atoms with Crippen molar-refractivity contribution in [1.82, 2.24) is 0 Å². The number of carbonyl (C=O) groups is 1. The van der Waals surface area contributed by atoms with Crippen molar-refractivity contribution in [2.24, 2.45) is 0 Å². The molecule has 8 heteroatoms. The maximum Gasteiger partial charge on any atom is 0.267 e. The Balaban J connectivity index is 1.70. The zero-order valence-electron chi connectivity index (χ0n) is 17.0. The van der Waals surface area contributed by atoms with Crippen LogP contribution in [0.1, 0.15) is 11.1 Å². The molecule has 0 bridgehead atoms. The number of nitrogens with one attached hydrogen (secondary N) is 1. The molecule has 1 aliphatic rings. The molecule has 1 aliphatic heterocycles. The minimum atomic E-state index is -3.94. The van der Waals surface area contributed by atoms with Crippen LogP contribution in [0.25, 0.3) is 0 Å². The third-order valence-electron chi connectivity index (χ3n) is 4.98. The predicted molar refractivity (Wildman–Crippen MR) is 116 cm³/mol. The van der Waals surface area contributed by atoms with Gasteiger partial charge >= 0.3 is 0 Å². The highest BCUT2D eigenvalue weighted by molar-refractivity contribution is 7.92. The summed E-state index contributed by atoms with van der Waals surface area (Å²) in [6, 6.07) is 17.1. The summed E-state index contributed by atoms with van der Waals surface area (Å²) in [5.74, 6) is -0.778. The minimum Gasteiger partial charge on any atom is -0.476 e. The number of sulfonamides is 1. The van der Waals surface area contributed by atoms with E-state index in [1.807, 2.05) is 13.8 Å². The van der Waals surface area contributed by atoms with Crippen LogP contribution in [-0.2, 0) is 14.8 Å². The molecule has 1 amide bonds. The van der Waals surface area contributed by atoms with E-state index in [0.717, 1.165) is 11.1 Å². The summed E-state index contributed by atoms with van der Waals surface area (Å²) >= 11 is 0. The second kappa shape index (κ2) is 8.03. The fourth-order valence-corrected chi connectivity index (χ4v) is 4.82. The quantitative estimate of drug-likeness (QED) is 0.665. The third-order valence-corrected chi connectivity index (χ3v) is 6.77. The largest absolute Gasteiger partial charge is 0.476 e. The summed E-state index contributed by atoms with van der Waals surface area (Å²) in [5.41, 5.74) is 2.42. The van der Waals surface area contributed by atoms with E-state index in [9.17, 15) is 17.6 Å². The van der Waals surface area contributed by atoms with Gasteiger partial charge in [-0.1, -0.05) is 29.8 Å². The molecule has 4 rings (SSSR count). The minimum absolute atomic E-state index is 0.122. The molecule has 1 heterocycles. The van der Waals surface area contributed by atoms with Crippen molar-refractivity contribution in [2.45, 2.75) is 24.8 Å². The first-order valence-corrected chi connectivity index (χ1v) is 11.1. The van der Waals surface area contributed by atoms with Gasteiger partial charge in [-0.05, 0) is 61.9 Å². The smallest absolute Gasteiger partial charge is 0.267 e. The number of aryl methyl sites for hydroxylation is 2. The second-order valence-corrected chi connectivity index (χ2v) is 9.29. The Bertz CT molecular complexity index is 1240. The monoisotopic (exact) mass is 440 g/mol. The van der Waals surface area contributed by atoms with Crippen LogP contribution in [0.4, 0.5) is 15.8 Å². The van der Waals surface area contributed by atoms with Crippen molar-refractivity contribution in [3.8, 4) is 5.75 Å². The van der Waals surface area contributed by atoms with Gasteiger partial charge in [0.05, 0.1) is 17.1 Å². The molecule has 1 atom stereocenters. The molecule has 160 valence electrons. The lowest BCUT2D eigenvalue weighted by molar-refractivity contribution is -0.122. The molecule has 3 aromatic carbocycles. The number of ether oxygens (including phenoxy) is 1. The Morgan fingerprint density at radius 2 is 1.74 bits per heavy atom. The van der Waals surface area contributed by atoms with Gasteiger partial charge in [0.1, 0.15) is 11.6 Å². The molecule has 0 radical (unpaired) electrons. The van der Waals surface area contributed by atoms with Gasteiger partial charge in [-0.15, -0.1) is 0 Å². The van der Waals surface area contributed by atoms with E-state index in [1.165, 1.54) is 34.6 Å². The van der Waals surface area contributed by atoms with Crippen LogP contribution in [0.5, 0.6) is 5.75 Å². The molecule has 0 fully saturated rings. The highest BCUT2D eigenvalue weighted by Crippen LogP contribution is 2.38. The first kappa shape index (κ1) is 20.9. The molecule has 0 saturated heterocycles. The average Bonchev–Trinajstić information content (AvgIpc) is 2.73. The normalized spacial score (nSPS) is 15.7. The summed E-state index contributed by atoms with van der Waals surface area (Å²) in [7, 11) is -3.94. The molecule has 0 aliphatic carbocycles. The van der Waals surface area contributed by atoms with Crippen LogP contribution in [0.15, 0.2) is 71.6 Å². The van der Waals surface area contributed by atoms with Crippen molar-refractivity contribution >= 4 is 27.3 Å². The van der Waals surface area contributed by atoms with Gasteiger partial charge in [-0.2, -0.15) is 0 Å². The van der Waals surface area contributed by atoms with E-state index in [0.29, 0.717) is 5.69 Å². The Labute approximate surface area is 180 Å². The molecule has 31 heavy (non-hydrogen) atoms. The van der Waals surface area contributed by atoms with Crippen molar-refractivity contribution < 1.29 is 22.3 Å². The van der Waals surface area contributed by atoms with E-state index < -0.39 is 27.9 Å². The maximum absolute atomic E-state index is 13.5. The van der Waals surface area contributed by atoms with E-state index >= 15 is 0 Å². The van der Waals surface area contributed by atoms with E-state index in [-0.39, 0.29) is 22.9 Å². The molecular weight excluding hydrogens is 419 g/mol. The zero-order chi connectivity index (χ0) is 22.2. The first-order valence-electron chi connectivity index (χ1n) is 9.67. The molecule has 0 spiro atoms. The summed E-state index contributed by atoms with van der Waals surface area (Å²) in [5, 5.41) is 2.59. The topological polar surface area (TPSA) is 75.7 Å². The summed E-state index contributed by atoms with van der Waals surface area (Å²) in [4.78, 5) is 13.0. The SMILES string of the molecule is Cc1ccc(S(=O)(=O)N2C[C@@H](C(=O)Nc3cccc(F)c3)Oc3ccc(C)cc32)cc1. The maximum atomic E-state index is 13.5. The molecule has 0 unspecified atom stereocenters. The van der Waals surface area contributed by atoms with Crippen LogP contribution in [-0.4, -0.2) is 27.0 Å². The highest BCUT2D eigenvalue weighted by atomic mass is 32.2. The van der Waals surface area contributed by atoms with Crippen molar-refractivity contribution in [3.63, 3.8) is 0 Å². The number of hydrogen-bond acceptors (Lipinski definition) is 4. The van der Waals surface area contributed by atoms with Gasteiger partial charge in [0.15, 0.2) is 6.10 Å². The standard InChI is InChI=1S/C23H21FN2O4S/c1-15-6-9-19(10-7-15)31(28,29)26-14-22(30-21-11-8-16(2)12-20(21)26)23(27)25-18-5-3-4-17(24)13-18/h3-13,22H,14H2,1-2H3,(H,25,27)/t22-/m0/s1. The van der Waals surface area contributed by atoms with E-state index in [4.69, 9.17) is 4.74 Å². The van der Waals surface area contributed by atoms with E-state index in [2.05, 4.69) is 5.32 Å². The summed E-state index contributed by atoms with van der Waals surface area (Å²) in [6.45, 7) is 3.50. The van der Waals surface area contributed by atoms with Crippen molar-refractivity contribution in [1.29, 1.82) is 0 Å². The zero-order valence-corrected chi connectivity index (χ0v) is 17.8. The number of halogens is 1. The second-order valence-electron chi connectivity index (χ2n) is 7.43. The number of hydrogen-bond donors (Lipinski definition) is 1. The summed E-state index contributed by atoms with van der Waals surface area (Å²) in [6.07, 6.45) is -1.11. The molecule has 1 N–H and O–H groups in total. The number of benzene rings is 3. The van der Waals surface area contributed by atoms with Crippen LogP contribution in [0.2, 0.25) is 0 Å². The fraction of sp³-hybridized carbons (Fsp3) is 0.174. The highest BCUT2D eigenvalue weighted by Gasteiger charge is 2.37. The van der Waals surface area contributed by atoms with Gasteiger partial charge in [0, 0.05) is 5.69 Å². The average molecular weight is 440 g/mol. The van der Waals surface area contributed by atoms with Crippen LogP contribution >= 0.6 is 0 Å². The number of anilines is 2. The number of rotatable bonds is 4. The van der Waals surface area contributed by atoms with Crippen molar-refractivity contribution in [3.05, 3.63) is 83.7 Å². The van der Waals surface area contributed by atoms with Gasteiger partial charge < -0.3 is 10.1 Å². The van der Waals surface area contributed by atoms with Crippen LogP contribution in [0, 0.1) is 19.7 Å². The number of amides is 1. The summed E-state index contributed by atoms with van der Waals surface area (Å²) < 4.78 is 47.3. The fourth-order valence-electron chi connectivity index (χ4n) is 3.35. The number of fused-ring (bicyclic) bond motifs is 1. The Morgan fingerprint density at radius 1 is 1.03 bits per heavy atom. The molecule has 6 nitrogen and oxygen atoms in total. The lowest BCUT2D eigenvalue weighted by Crippen LogP contribution is -2.48. The van der Waals surface area contributed by atoms with Gasteiger partial charge in [-0.3, -0.25) is 9.10 Å². The molecule has 3 aromatic rings. The van der Waals surface area contributed by atoms with E-state index in [1.54, 1.807) is 36.4 Å². The Kier molecular flexibility index (Phi) is 5.41. The van der Waals surface area contributed by atoms with Crippen LogP contribution in [0.3, 0.4) is 0 Å². The number of nitrogens with zero attached hydrogens (tertiary/aromatic N) is 1. The van der Waals surface area contributed by atoms with Gasteiger partial charge in [-0.25, -0.2) is 12.8 Å². The lowest BCUT2D eigenvalue weighted by Gasteiger charge is -2.35. The Morgan fingerprint density at radius 3 is 2.45 bits per heavy atom. The van der Waals surface area contributed by atoms with Gasteiger partial charge in [0.25, 0.3) is 15.9 Å². The number of carbonyl (C=O) groups excluding carboxylic acids is 1.